The van der Waals surface area contributed by atoms with Gasteiger partial charge >= 0.3 is 0 Å². The quantitative estimate of drug-likeness (QED) is 0.531. The van der Waals surface area contributed by atoms with Crippen LogP contribution in [0, 0.1) is 0 Å². The number of aliphatic hydroxyl groups excluding tert-OH is 1. The normalized spacial score (nSPS) is 13.8. The molecule has 0 bridgehead atoms. The van der Waals surface area contributed by atoms with Crippen molar-refractivity contribution in [3.63, 3.8) is 0 Å². The Hall–Kier alpha value is -1.31. The van der Waals surface area contributed by atoms with E-state index >= 15 is 0 Å². The van der Waals surface area contributed by atoms with Crippen molar-refractivity contribution in [3.05, 3.63) is 18.2 Å². The number of anilines is 1. The summed E-state index contributed by atoms with van der Waals surface area (Å²) in [6.45, 7) is 1.81. The fourth-order valence-electron chi connectivity index (χ4n) is 1.36. The molecule has 0 saturated carbocycles. The van der Waals surface area contributed by atoms with Crippen LogP contribution in [0.25, 0.3) is 0 Å². The molecule has 0 fully saturated rings. The van der Waals surface area contributed by atoms with E-state index < -0.39 is 16.1 Å². The van der Waals surface area contributed by atoms with E-state index in [9.17, 15) is 13.5 Å². The average Bonchev–Trinajstić information content (AvgIpc) is 2.29. The molecule has 102 valence electrons. The largest absolute Gasteiger partial charge is 0.506 e. The van der Waals surface area contributed by atoms with Gasteiger partial charge in [-0.1, -0.05) is 0 Å². The lowest BCUT2D eigenvalue weighted by Gasteiger charge is -2.18. The van der Waals surface area contributed by atoms with Crippen LogP contribution in [0.3, 0.4) is 0 Å². The smallest absolute Gasteiger partial charge is 0.242 e. The van der Waals surface area contributed by atoms with E-state index in [0.29, 0.717) is 6.42 Å². The highest BCUT2D eigenvalue weighted by Crippen LogP contribution is 2.24. The molecule has 18 heavy (non-hydrogen) atoms. The van der Waals surface area contributed by atoms with Gasteiger partial charge in [-0.3, -0.25) is 0 Å². The third-order valence-corrected chi connectivity index (χ3v) is 4.42. The SMILES string of the molecule is CC(O)CCN(C)S(=O)(=O)c1ccc(O)c(N)c1. The van der Waals surface area contributed by atoms with Crippen molar-refractivity contribution < 1.29 is 18.6 Å². The number of hydrogen-bond acceptors (Lipinski definition) is 5. The summed E-state index contributed by atoms with van der Waals surface area (Å²) >= 11 is 0. The average molecular weight is 274 g/mol. The third kappa shape index (κ3) is 3.34. The van der Waals surface area contributed by atoms with E-state index in [2.05, 4.69) is 0 Å². The second-order valence-electron chi connectivity index (χ2n) is 4.18. The number of phenolic OH excluding ortho intramolecular Hbond substituents is 1. The number of aliphatic hydroxyl groups is 1. The zero-order valence-electron chi connectivity index (χ0n) is 10.4. The molecule has 0 heterocycles. The second kappa shape index (κ2) is 5.55. The summed E-state index contributed by atoms with van der Waals surface area (Å²) in [5.41, 5.74) is 5.48. The number of benzene rings is 1. The van der Waals surface area contributed by atoms with Crippen LogP contribution in [0.15, 0.2) is 23.1 Å². The number of nitrogens with zero attached hydrogens (tertiary/aromatic N) is 1. The zero-order chi connectivity index (χ0) is 13.9. The van der Waals surface area contributed by atoms with Gasteiger partial charge in [0.25, 0.3) is 0 Å². The van der Waals surface area contributed by atoms with Crippen molar-refractivity contribution in [2.45, 2.75) is 24.3 Å². The van der Waals surface area contributed by atoms with Crippen LogP contribution in [0.1, 0.15) is 13.3 Å². The molecule has 0 aliphatic rings. The van der Waals surface area contributed by atoms with Crippen LogP contribution in [0.4, 0.5) is 5.69 Å². The molecule has 1 atom stereocenters. The minimum atomic E-state index is -3.64. The Morgan fingerprint density at radius 3 is 2.56 bits per heavy atom. The monoisotopic (exact) mass is 274 g/mol. The van der Waals surface area contributed by atoms with Crippen LogP contribution in [-0.2, 0) is 10.0 Å². The van der Waals surface area contributed by atoms with Crippen molar-refractivity contribution >= 4 is 15.7 Å². The molecule has 0 aliphatic carbocycles. The predicted octanol–water partition coefficient (Wildman–Crippen LogP) is 0.366. The standard InChI is InChI=1S/C11H18N2O4S/c1-8(14)5-6-13(2)18(16,17)9-3-4-11(15)10(12)7-9/h3-4,7-8,14-15H,5-6,12H2,1-2H3. The highest BCUT2D eigenvalue weighted by molar-refractivity contribution is 7.89. The number of phenols is 1. The fourth-order valence-corrected chi connectivity index (χ4v) is 2.58. The maximum Gasteiger partial charge on any atom is 0.242 e. The Kier molecular flexibility index (Phi) is 4.55. The van der Waals surface area contributed by atoms with Gasteiger partial charge in [0, 0.05) is 13.6 Å². The summed E-state index contributed by atoms with van der Waals surface area (Å²) in [7, 11) is -2.21. The van der Waals surface area contributed by atoms with E-state index in [0.717, 1.165) is 4.31 Å². The first-order valence-corrected chi connectivity index (χ1v) is 6.92. The van der Waals surface area contributed by atoms with E-state index in [4.69, 9.17) is 10.8 Å². The highest BCUT2D eigenvalue weighted by Gasteiger charge is 2.21. The molecule has 4 N–H and O–H groups in total. The predicted molar refractivity (Wildman–Crippen MR) is 68.6 cm³/mol. The number of rotatable bonds is 5. The van der Waals surface area contributed by atoms with Gasteiger partial charge in [-0.2, -0.15) is 0 Å². The Balaban J connectivity index is 2.95. The van der Waals surface area contributed by atoms with Gasteiger partial charge in [0.2, 0.25) is 10.0 Å². The Bertz CT molecular complexity index is 514. The molecular formula is C11H18N2O4S. The first kappa shape index (κ1) is 14.7. The van der Waals surface area contributed by atoms with Crippen molar-refractivity contribution in [1.82, 2.24) is 4.31 Å². The number of nitrogen functional groups attached to an aromatic ring is 1. The van der Waals surface area contributed by atoms with Crippen LogP contribution < -0.4 is 5.73 Å². The molecule has 0 spiro atoms. The van der Waals surface area contributed by atoms with Gasteiger partial charge in [-0.25, -0.2) is 12.7 Å². The van der Waals surface area contributed by atoms with Gasteiger partial charge < -0.3 is 15.9 Å². The van der Waals surface area contributed by atoms with Gasteiger partial charge in [-0.05, 0) is 31.5 Å². The number of aromatic hydroxyl groups is 1. The number of nitrogens with two attached hydrogens (primary N) is 1. The second-order valence-corrected chi connectivity index (χ2v) is 6.23. The number of hydrogen-bond donors (Lipinski definition) is 3. The summed E-state index contributed by atoms with van der Waals surface area (Å²) in [5.74, 6) is -0.152. The number of sulfonamides is 1. The molecule has 6 nitrogen and oxygen atoms in total. The zero-order valence-corrected chi connectivity index (χ0v) is 11.2. The minimum Gasteiger partial charge on any atom is -0.506 e. The lowest BCUT2D eigenvalue weighted by molar-refractivity contribution is 0.177. The molecule has 1 aromatic rings. The van der Waals surface area contributed by atoms with E-state index in [1.54, 1.807) is 6.92 Å². The van der Waals surface area contributed by atoms with Crippen LogP contribution in [-0.4, -0.2) is 42.6 Å². The summed E-state index contributed by atoms with van der Waals surface area (Å²) in [5, 5.41) is 18.4. The molecule has 0 saturated heterocycles. The molecule has 0 amide bonds. The lowest BCUT2D eigenvalue weighted by atomic mass is 10.3. The van der Waals surface area contributed by atoms with Crippen molar-refractivity contribution in [3.8, 4) is 5.75 Å². The topological polar surface area (TPSA) is 104 Å². The summed E-state index contributed by atoms with van der Waals surface area (Å²) < 4.78 is 25.4. The summed E-state index contributed by atoms with van der Waals surface area (Å²) in [6.07, 6.45) is -0.212. The van der Waals surface area contributed by atoms with Crippen LogP contribution in [0.5, 0.6) is 5.75 Å². The van der Waals surface area contributed by atoms with Crippen molar-refractivity contribution in [2.24, 2.45) is 0 Å². The molecule has 1 rings (SSSR count). The van der Waals surface area contributed by atoms with Crippen LogP contribution >= 0.6 is 0 Å². The molecule has 7 heteroatoms. The van der Waals surface area contributed by atoms with Crippen molar-refractivity contribution in [1.29, 1.82) is 0 Å². The Morgan fingerprint density at radius 2 is 2.06 bits per heavy atom. The van der Waals surface area contributed by atoms with E-state index in [1.165, 1.54) is 25.2 Å². The summed E-state index contributed by atoms with van der Waals surface area (Å²) in [6, 6.07) is 3.74. The summed E-state index contributed by atoms with van der Waals surface area (Å²) in [4.78, 5) is 0.0193. The maximum atomic E-state index is 12.1. The minimum absolute atomic E-state index is 0.0139. The third-order valence-electron chi connectivity index (χ3n) is 2.57. The molecule has 1 unspecified atom stereocenters. The van der Waals surface area contributed by atoms with Crippen LogP contribution in [0.2, 0.25) is 0 Å². The first-order valence-electron chi connectivity index (χ1n) is 5.48. The van der Waals surface area contributed by atoms with E-state index in [-0.39, 0.29) is 22.9 Å². The van der Waals surface area contributed by atoms with Gasteiger partial charge in [0.15, 0.2) is 0 Å². The highest BCUT2D eigenvalue weighted by atomic mass is 32.2. The van der Waals surface area contributed by atoms with E-state index in [1.807, 2.05) is 0 Å². The first-order chi connectivity index (χ1) is 8.25. The Labute approximate surface area is 107 Å². The molecule has 1 aromatic carbocycles. The maximum absolute atomic E-state index is 12.1. The van der Waals surface area contributed by atoms with Gasteiger partial charge in [0.05, 0.1) is 16.7 Å². The molecule has 0 radical (unpaired) electrons. The Morgan fingerprint density at radius 1 is 1.44 bits per heavy atom. The lowest BCUT2D eigenvalue weighted by Crippen LogP contribution is -2.29. The fraction of sp³-hybridized carbons (Fsp3) is 0.455. The molecule has 0 aliphatic heterocycles. The van der Waals surface area contributed by atoms with Crippen molar-refractivity contribution in [2.75, 3.05) is 19.3 Å². The molecule has 0 aromatic heterocycles. The molecular weight excluding hydrogens is 256 g/mol. The van der Waals surface area contributed by atoms with Gasteiger partial charge in [0.1, 0.15) is 5.75 Å². The van der Waals surface area contributed by atoms with Gasteiger partial charge in [-0.15, -0.1) is 0 Å².